The molecule has 0 unspecified atom stereocenters. The molecular formula is C18H20N2O3. The van der Waals surface area contributed by atoms with E-state index in [0.29, 0.717) is 5.92 Å². The minimum atomic E-state index is -0.564. The smallest absolute Gasteiger partial charge is 0.310 e. The van der Waals surface area contributed by atoms with Gasteiger partial charge in [-0.1, -0.05) is 30.3 Å². The Balaban J connectivity index is 1.60. The number of anilines is 1. The first-order valence-corrected chi connectivity index (χ1v) is 7.90. The lowest BCUT2D eigenvalue weighted by Crippen LogP contribution is -2.34. The summed E-state index contributed by atoms with van der Waals surface area (Å²) in [5.74, 6) is 0.402. The van der Waals surface area contributed by atoms with E-state index in [1.165, 1.54) is 17.7 Å². The van der Waals surface area contributed by atoms with E-state index in [4.69, 9.17) is 0 Å². The molecule has 0 amide bonds. The number of benzene rings is 2. The molecule has 1 saturated heterocycles. The van der Waals surface area contributed by atoms with Gasteiger partial charge in [0.25, 0.3) is 0 Å². The van der Waals surface area contributed by atoms with Crippen molar-refractivity contribution < 1.29 is 10.0 Å². The summed E-state index contributed by atoms with van der Waals surface area (Å²) in [6.07, 6.45) is 3.28. The molecule has 2 aromatic carbocycles. The zero-order valence-corrected chi connectivity index (χ0v) is 12.9. The quantitative estimate of drug-likeness (QED) is 0.689. The van der Waals surface area contributed by atoms with Crippen LogP contribution in [-0.2, 0) is 6.42 Å². The van der Waals surface area contributed by atoms with Crippen LogP contribution in [0, 0.1) is 16.0 Å². The molecule has 0 saturated carbocycles. The Morgan fingerprint density at radius 3 is 2.43 bits per heavy atom. The maximum Gasteiger partial charge on any atom is 0.310 e. The van der Waals surface area contributed by atoms with Crippen LogP contribution in [0.4, 0.5) is 11.4 Å². The molecule has 5 nitrogen and oxygen atoms in total. The maximum absolute atomic E-state index is 10.8. The average molecular weight is 312 g/mol. The Morgan fingerprint density at radius 1 is 1.13 bits per heavy atom. The second kappa shape index (κ2) is 6.69. The van der Waals surface area contributed by atoms with Gasteiger partial charge in [0.1, 0.15) is 0 Å². The molecule has 0 aliphatic carbocycles. The Morgan fingerprint density at radius 2 is 1.83 bits per heavy atom. The van der Waals surface area contributed by atoms with E-state index in [1.54, 1.807) is 6.07 Å². The highest BCUT2D eigenvalue weighted by Gasteiger charge is 2.21. The molecule has 1 fully saturated rings. The fourth-order valence-electron chi connectivity index (χ4n) is 3.21. The van der Waals surface area contributed by atoms with Crippen LogP contribution in [0.25, 0.3) is 0 Å². The molecule has 0 radical (unpaired) electrons. The topological polar surface area (TPSA) is 66.6 Å². The zero-order valence-electron chi connectivity index (χ0n) is 12.9. The number of piperidine rings is 1. The van der Waals surface area contributed by atoms with Crippen LogP contribution in [0.2, 0.25) is 0 Å². The zero-order chi connectivity index (χ0) is 16.2. The van der Waals surface area contributed by atoms with Gasteiger partial charge in [-0.25, -0.2) is 0 Å². The van der Waals surface area contributed by atoms with Crippen LogP contribution < -0.4 is 4.90 Å². The number of nitrogens with zero attached hydrogens (tertiary/aromatic N) is 2. The first-order chi connectivity index (χ1) is 11.1. The van der Waals surface area contributed by atoms with Crippen LogP contribution in [0.3, 0.4) is 0 Å². The molecule has 23 heavy (non-hydrogen) atoms. The van der Waals surface area contributed by atoms with Gasteiger partial charge in [-0.3, -0.25) is 10.1 Å². The lowest BCUT2D eigenvalue weighted by atomic mass is 9.90. The minimum absolute atomic E-state index is 0.243. The Bertz CT molecular complexity index is 680. The average Bonchev–Trinajstić information content (AvgIpc) is 2.56. The summed E-state index contributed by atoms with van der Waals surface area (Å²) >= 11 is 0. The van der Waals surface area contributed by atoms with E-state index in [0.717, 1.165) is 38.0 Å². The molecule has 0 bridgehead atoms. The number of hydrogen-bond acceptors (Lipinski definition) is 4. The summed E-state index contributed by atoms with van der Waals surface area (Å²) < 4.78 is 0. The van der Waals surface area contributed by atoms with Gasteiger partial charge in [0.15, 0.2) is 5.75 Å². The monoisotopic (exact) mass is 312 g/mol. The summed E-state index contributed by atoms with van der Waals surface area (Å²) in [4.78, 5) is 12.4. The van der Waals surface area contributed by atoms with Crippen LogP contribution >= 0.6 is 0 Å². The fourth-order valence-corrected chi connectivity index (χ4v) is 3.21. The van der Waals surface area contributed by atoms with Crippen molar-refractivity contribution in [1.29, 1.82) is 0 Å². The van der Waals surface area contributed by atoms with Crippen LogP contribution in [-0.4, -0.2) is 23.1 Å². The van der Waals surface area contributed by atoms with Crippen molar-refractivity contribution in [1.82, 2.24) is 0 Å². The number of nitro groups is 1. The number of phenols is 1. The molecule has 5 heteroatoms. The second-order valence-electron chi connectivity index (χ2n) is 6.05. The van der Waals surface area contributed by atoms with Crippen molar-refractivity contribution in [2.75, 3.05) is 18.0 Å². The van der Waals surface area contributed by atoms with Gasteiger partial charge in [-0.15, -0.1) is 0 Å². The van der Waals surface area contributed by atoms with E-state index in [2.05, 4.69) is 29.2 Å². The SMILES string of the molecule is O=[N+]([O-])c1ccc(N2CCC(Cc3ccccc3)CC2)cc1O. The van der Waals surface area contributed by atoms with Gasteiger partial charge in [0.05, 0.1) is 4.92 Å². The molecule has 1 N–H and O–H groups in total. The first-order valence-electron chi connectivity index (χ1n) is 7.90. The summed E-state index contributed by atoms with van der Waals surface area (Å²) in [5, 5.41) is 20.5. The summed E-state index contributed by atoms with van der Waals surface area (Å²) in [6.45, 7) is 1.82. The molecular weight excluding hydrogens is 292 g/mol. The van der Waals surface area contributed by atoms with E-state index in [1.807, 2.05) is 6.07 Å². The third-order valence-electron chi connectivity index (χ3n) is 4.50. The van der Waals surface area contributed by atoms with E-state index >= 15 is 0 Å². The van der Waals surface area contributed by atoms with Crippen molar-refractivity contribution in [3.05, 3.63) is 64.2 Å². The number of aromatic hydroxyl groups is 1. The largest absolute Gasteiger partial charge is 0.502 e. The molecule has 1 heterocycles. The van der Waals surface area contributed by atoms with Crippen LogP contribution in [0.5, 0.6) is 5.75 Å². The molecule has 3 rings (SSSR count). The number of nitro benzene ring substituents is 1. The number of hydrogen-bond donors (Lipinski definition) is 1. The maximum atomic E-state index is 10.8. The lowest BCUT2D eigenvalue weighted by molar-refractivity contribution is -0.385. The number of rotatable bonds is 4. The van der Waals surface area contributed by atoms with Gasteiger partial charge in [0, 0.05) is 30.9 Å². The highest BCUT2D eigenvalue weighted by Crippen LogP contribution is 2.32. The van der Waals surface area contributed by atoms with Crippen molar-refractivity contribution in [2.45, 2.75) is 19.3 Å². The Kier molecular flexibility index (Phi) is 4.46. The highest BCUT2D eigenvalue weighted by molar-refractivity contribution is 5.58. The molecule has 1 aliphatic rings. The molecule has 0 atom stereocenters. The minimum Gasteiger partial charge on any atom is -0.502 e. The Hall–Kier alpha value is -2.56. The predicted molar refractivity (Wildman–Crippen MR) is 89.8 cm³/mol. The van der Waals surface area contributed by atoms with Gasteiger partial charge >= 0.3 is 5.69 Å². The van der Waals surface area contributed by atoms with Gasteiger partial charge in [-0.2, -0.15) is 0 Å². The summed E-state index contributed by atoms with van der Waals surface area (Å²) in [6, 6.07) is 15.1. The standard InChI is InChI=1S/C18H20N2O3/c21-18-13-16(6-7-17(18)20(22)23)19-10-8-15(9-11-19)12-14-4-2-1-3-5-14/h1-7,13,15,21H,8-12H2. The highest BCUT2D eigenvalue weighted by atomic mass is 16.6. The third-order valence-corrected chi connectivity index (χ3v) is 4.50. The molecule has 0 spiro atoms. The second-order valence-corrected chi connectivity index (χ2v) is 6.05. The molecule has 2 aromatic rings. The van der Waals surface area contributed by atoms with Crippen molar-refractivity contribution >= 4 is 11.4 Å². The third kappa shape index (κ3) is 3.62. The van der Waals surface area contributed by atoms with Crippen LogP contribution in [0.15, 0.2) is 48.5 Å². The molecule has 0 aromatic heterocycles. The predicted octanol–water partition coefficient (Wildman–Crippen LogP) is 3.76. The van der Waals surface area contributed by atoms with E-state index in [9.17, 15) is 15.2 Å². The van der Waals surface area contributed by atoms with E-state index < -0.39 is 4.92 Å². The van der Waals surface area contributed by atoms with Crippen molar-refractivity contribution in [3.8, 4) is 5.75 Å². The summed E-state index contributed by atoms with van der Waals surface area (Å²) in [5.41, 5.74) is 1.98. The van der Waals surface area contributed by atoms with Crippen molar-refractivity contribution in [2.24, 2.45) is 5.92 Å². The Labute approximate surface area is 135 Å². The van der Waals surface area contributed by atoms with Gasteiger partial charge in [-0.05, 0) is 36.8 Å². The fraction of sp³-hybridized carbons (Fsp3) is 0.333. The first kappa shape index (κ1) is 15.3. The summed E-state index contributed by atoms with van der Waals surface area (Å²) in [7, 11) is 0. The van der Waals surface area contributed by atoms with Gasteiger partial charge in [0.2, 0.25) is 0 Å². The van der Waals surface area contributed by atoms with Crippen molar-refractivity contribution in [3.63, 3.8) is 0 Å². The normalized spacial score (nSPS) is 15.6. The molecule has 120 valence electrons. The lowest BCUT2D eigenvalue weighted by Gasteiger charge is -2.33. The molecule has 1 aliphatic heterocycles. The van der Waals surface area contributed by atoms with Gasteiger partial charge < -0.3 is 10.0 Å². The number of phenolic OH excluding ortho intramolecular Hbond substituents is 1. The van der Waals surface area contributed by atoms with E-state index in [-0.39, 0.29) is 11.4 Å². The van der Waals surface area contributed by atoms with Crippen LogP contribution in [0.1, 0.15) is 18.4 Å².